The fraction of sp³-hybridized carbons (Fsp3) is 0.385. The smallest absolute Gasteiger partial charge is 0.328 e. The highest BCUT2D eigenvalue weighted by Gasteiger charge is 2.28. The Bertz CT molecular complexity index is 665. The van der Waals surface area contributed by atoms with E-state index >= 15 is 0 Å². The van der Waals surface area contributed by atoms with E-state index in [9.17, 15) is 29.8 Å². The average Bonchev–Trinajstić information content (AvgIpc) is 2.56. The van der Waals surface area contributed by atoms with Crippen molar-refractivity contribution in [3.8, 4) is 0 Å². The Balaban J connectivity index is 3.10. The molecule has 0 aromatic heterocycles. The fourth-order valence-corrected chi connectivity index (χ4v) is 2.31. The van der Waals surface area contributed by atoms with Gasteiger partial charge in [-0.2, -0.15) is 11.8 Å². The first-order chi connectivity index (χ1) is 11.3. The van der Waals surface area contributed by atoms with E-state index in [-0.39, 0.29) is 12.0 Å². The van der Waals surface area contributed by atoms with E-state index in [0.717, 1.165) is 19.2 Å². The van der Waals surface area contributed by atoms with Crippen LogP contribution in [0.4, 0.5) is 11.4 Å². The van der Waals surface area contributed by atoms with Gasteiger partial charge in [-0.05, 0) is 24.5 Å². The normalized spacial score (nSPS) is 11.4. The van der Waals surface area contributed by atoms with Gasteiger partial charge in [0.1, 0.15) is 11.6 Å². The molecule has 1 N–H and O–H groups in total. The van der Waals surface area contributed by atoms with Crippen LogP contribution in [0.5, 0.6) is 0 Å². The molecule has 11 heteroatoms. The lowest BCUT2D eigenvalue weighted by Gasteiger charge is -2.16. The van der Waals surface area contributed by atoms with Crippen molar-refractivity contribution in [1.29, 1.82) is 0 Å². The number of nitrogens with zero attached hydrogens (tertiary/aromatic N) is 2. The number of thioether (sulfide) groups is 1. The van der Waals surface area contributed by atoms with E-state index in [0.29, 0.717) is 11.8 Å². The summed E-state index contributed by atoms with van der Waals surface area (Å²) in [6, 6.07) is 1.69. The van der Waals surface area contributed by atoms with Crippen LogP contribution in [0.2, 0.25) is 0 Å². The molecule has 0 radical (unpaired) electrons. The summed E-state index contributed by atoms with van der Waals surface area (Å²) < 4.78 is 4.59. The molecule has 0 aliphatic carbocycles. The number of methoxy groups -OCH3 is 1. The van der Waals surface area contributed by atoms with Crippen molar-refractivity contribution in [1.82, 2.24) is 5.32 Å². The summed E-state index contributed by atoms with van der Waals surface area (Å²) in [4.78, 5) is 44.0. The Labute approximate surface area is 140 Å². The highest BCUT2D eigenvalue weighted by molar-refractivity contribution is 7.98. The van der Waals surface area contributed by atoms with Crippen molar-refractivity contribution < 1.29 is 24.2 Å². The number of carbonyl (C=O) groups excluding carboxylic acids is 2. The van der Waals surface area contributed by atoms with Gasteiger partial charge in [-0.25, -0.2) is 4.79 Å². The Morgan fingerprint density at radius 2 is 1.96 bits per heavy atom. The second kappa shape index (κ2) is 8.82. The molecule has 10 nitrogen and oxygen atoms in total. The van der Waals surface area contributed by atoms with Gasteiger partial charge in [-0.3, -0.25) is 25.0 Å². The molecule has 130 valence electrons. The van der Waals surface area contributed by atoms with Crippen LogP contribution in [-0.4, -0.2) is 46.9 Å². The van der Waals surface area contributed by atoms with Crippen LogP contribution < -0.4 is 5.32 Å². The molecular weight excluding hydrogens is 342 g/mol. The van der Waals surface area contributed by atoms with E-state index in [1.165, 1.54) is 11.8 Å². The van der Waals surface area contributed by atoms with Gasteiger partial charge in [0.15, 0.2) is 0 Å². The average molecular weight is 357 g/mol. The van der Waals surface area contributed by atoms with Crippen LogP contribution >= 0.6 is 11.8 Å². The molecule has 24 heavy (non-hydrogen) atoms. The summed E-state index contributed by atoms with van der Waals surface area (Å²) in [5.74, 6) is -1.00. The Hall–Kier alpha value is -2.69. The van der Waals surface area contributed by atoms with Gasteiger partial charge in [-0.1, -0.05) is 0 Å². The second-order valence-corrected chi connectivity index (χ2v) is 5.53. The molecule has 1 aromatic carbocycles. The quantitative estimate of drug-likeness (QED) is 0.419. The van der Waals surface area contributed by atoms with Gasteiger partial charge in [-0.15, -0.1) is 0 Å². The summed E-state index contributed by atoms with van der Waals surface area (Å²) in [5.41, 5.74) is -1.59. The van der Waals surface area contributed by atoms with Gasteiger partial charge in [0, 0.05) is 6.07 Å². The number of ether oxygens (including phenoxy) is 1. The third-order valence-electron chi connectivity index (χ3n) is 3.04. The molecule has 0 bridgehead atoms. The van der Waals surface area contributed by atoms with Crippen LogP contribution in [0.1, 0.15) is 16.8 Å². The summed E-state index contributed by atoms with van der Waals surface area (Å²) in [5, 5.41) is 24.1. The van der Waals surface area contributed by atoms with Gasteiger partial charge in [0.05, 0.1) is 23.0 Å². The third kappa shape index (κ3) is 4.91. The first kappa shape index (κ1) is 19.4. The zero-order valence-corrected chi connectivity index (χ0v) is 13.7. The molecule has 1 amide bonds. The van der Waals surface area contributed by atoms with Crippen molar-refractivity contribution in [3.05, 3.63) is 44.0 Å². The zero-order chi connectivity index (χ0) is 18.3. The largest absolute Gasteiger partial charge is 0.467 e. The number of nitrogens with one attached hydrogen (secondary N) is 1. The molecule has 0 aliphatic heterocycles. The summed E-state index contributed by atoms with van der Waals surface area (Å²) in [6.07, 6.45) is 2.09. The molecule has 0 saturated carbocycles. The van der Waals surface area contributed by atoms with Crippen LogP contribution in [-0.2, 0) is 9.53 Å². The maximum atomic E-state index is 12.2. The minimum Gasteiger partial charge on any atom is -0.467 e. The molecular formula is C13H15N3O7S. The number of amides is 1. The lowest BCUT2D eigenvalue weighted by Crippen LogP contribution is -2.42. The minimum absolute atomic E-state index is 0.278. The molecule has 0 aliphatic rings. The zero-order valence-electron chi connectivity index (χ0n) is 12.9. The number of benzene rings is 1. The number of carbonyl (C=O) groups is 2. The molecule has 1 aromatic rings. The topological polar surface area (TPSA) is 142 Å². The van der Waals surface area contributed by atoms with E-state index in [1.807, 2.05) is 6.26 Å². The molecule has 0 saturated heterocycles. The summed E-state index contributed by atoms with van der Waals surface area (Å²) in [6.45, 7) is 0. The molecule has 0 fully saturated rings. The van der Waals surface area contributed by atoms with Gasteiger partial charge >= 0.3 is 5.97 Å². The van der Waals surface area contributed by atoms with Gasteiger partial charge in [0.2, 0.25) is 0 Å². The predicted molar refractivity (Wildman–Crippen MR) is 86.0 cm³/mol. The monoisotopic (exact) mass is 357 g/mol. The molecule has 1 rings (SSSR count). The second-order valence-electron chi connectivity index (χ2n) is 4.55. The maximum absolute atomic E-state index is 12.2. The molecule has 0 spiro atoms. The van der Waals surface area contributed by atoms with Crippen LogP contribution in [0.25, 0.3) is 0 Å². The number of hydrogen-bond acceptors (Lipinski definition) is 8. The molecule has 0 unspecified atom stereocenters. The van der Waals surface area contributed by atoms with Crippen LogP contribution in [0.15, 0.2) is 18.2 Å². The fourth-order valence-electron chi connectivity index (χ4n) is 1.84. The summed E-state index contributed by atoms with van der Waals surface area (Å²) >= 11 is 1.45. The standard InChI is InChI=1S/C13H15N3O7S/c1-23-13(18)10(5-6-24-2)14-12(17)9-4-3-8(15(19)20)7-11(9)16(21)22/h3-4,7,10H,5-6H2,1-2H3,(H,14,17)/t10-/m1/s1. The van der Waals surface area contributed by atoms with Crippen molar-refractivity contribution in [3.63, 3.8) is 0 Å². The van der Waals surface area contributed by atoms with Gasteiger partial charge in [0.25, 0.3) is 17.3 Å². The lowest BCUT2D eigenvalue weighted by molar-refractivity contribution is -0.394. The third-order valence-corrected chi connectivity index (χ3v) is 3.68. The predicted octanol–water partition coefficient (Wildman–Crippen LogP) is 1.53. The van der Waals surface area contributed by atoms with E-state index < -0.39 is 39.1 Å². The lowest BCUT2D eigenvalue weighted by atomic mass is 10.1. The van der Waals surface area contributed by atoms with Crippen molar-refractivity contribution in [2.24, 2.45) is 0 Å². The number of non-ortho nitro benzene ring substituents is 1. The highest BCUT2D eigenvalue weighted by Crippen LogP contribution is 2.24. The Morgan fingerprint density at radius 1 is 1.29 bits per heavy atom. The van der Waals surface area contributed by atoms with E-state index in [1.54, 1.807) is 0 Å². The first-order valence-corrected chi connectivity index (χ1v) is 8.01. The number of nitro benzene ring substituents is 2. The van der Waals surface area contributed by atoms with Crippen LogP contribution in [0, 0.1) is 20.2 Å². The SMILES string of the molecule is COC(=O)[C@@H](CCSC)NC(=O)c1ccc([N+](=O)[O-])cc1[N+](=O)[O-]. The highest BCUT2D eigenvalue weighted by atomic mass is 32.2. The number of rotatable bonds is 8. The van der Waals surface area contributed by atoms with Crippen LogP contribution in [0.3, 0.4) is 0 Å². The van der Waals surface area contributed by atoms with Crippen molar-refractivity contribution in [2.75, 3.05) is 19.1 Å². The molecule has 0 heterocycles. The van der Waals surface area contributed by atoms with E-state index in [4.69, 9.17) is 0 Å². The Morgan fingerprint density at radius 3 is 2.46 bits per heavy atom. The minimum atomic E-state index is -0.968. The summed E-state index contributed by atoms with van der Waals surface area (Å²) in [7, 11) is 1.16. The van der Waals surface area contributed by atoms with Crippen molar-refractivity contribution in [2.45, 2.75) is 12.5 Å². The number of nitro groups is 2. The first-order valence-electron chi connectivity index (χ1n) is 6.62. The van der Waals surface area contributed by atoms with Gasteiger partial charge < -0.3 is 10.1 Å². The maximum Gasteiger partial charge on any atom is 0.328 e. The van der Waals surface area contributed by atoms with E-state index in [2.05, 4.69) is 10.1 Å². The van der Waals surface area contributed by atoms with Crippen molar-refractivity contribution >= 4 is 35.0 Å². The molecule has 1 atom stereocenters. The number of esters is 1. The Kier molecular flexibility index (Phi) is 7.11. The number of hydrogen-bond donors (Lipinski definition) is 1.